The fourth-order valence-electron chi connectivity index (χ4n) is 3.47. The first-order chi connectivity index (χ1) is 12.0. The number of hydrogen-bond acceptors (Lipinski definition) is 3. The zero-order chi connectivity index (χ0) is 17.8. The number of nitrogens with zero attached hydrogens (tertiary/aromatic N) is 3. The summed E-state index contributed by atoms with van der Waals surface area (Å²) in [6, 6.07) is 8.07. The summed E-state index contributed by atoms with van der Waals surface area (Å²) in [7, 11) is 1.89. The van der Waals surface area contributed by atoms with E-state index in [0.717, 1.165) is 29.9 Å². The largest absolute Gasteiger partial charge is 0.371 e. The molecule has 1 aromatic heterocycles. The van der Waals surface area contributed by atoms with Crippen LogP contribution in [0.1, 0.15) is 42.6 Å². The maximum atomic E-state index is 12.3. The Morgan fingerprint density at radius 3 is 2.68 bits per heavy atom. The second-order valence-electron chi connectivity index (χ2n) is 6.72. The molecule has 0 radical (unpaired) electrons. The third-order valence-corrected chi connectivity index (χ3v) is 4.74. The molecule has 25 heavy (non-hydrogen) atoms. The average Bonchev–Trinajstić information content (AvgIpc) is 3.22. The van der Waals surface area contributed by atoms with Gasteiger partial charge in [-0.15, -0.1) is 0 Å². The molecule has 3 rings (SSSR count). The summed E-state index contributed by atoms with van der Waals surface area (Å²) in [5, 5.41) is 10.3. The van der Waals surface area contributed by atoms with Crippen molar-refractivity contribution in [3.05, 3.63) is 47.3 Å². The van der Waals surface area contributed by atoms with E-state index in [9.17, 15) is 4.79 Å². The molecule has 0 aliphatic carbocycles. The minimum atomic E-state index is -0.160. The molecule has 6 nitrogen and oxygen atoms in total. The Morgan fingerprint density at radius 2 is 2.00 bits per heavy atom. The predicted octanol–water partition coefficient (Wildman–Crippen LogP) is 2.89. The van der Waals surface area contributed by atoms with Crippen LogP contribution in [-0.4, -0.2) is 28.9 Å². The Hall–Kier alpha value is -2.50. The highest BCUT2D eigenvalue weighted by Crippen LogP contribution is 2.24. The summed E-state index contributed by atoms with van der Waals surface area (Å²) in [5.74, 6) is 0. The summed E-state index contributed by atoms with van der Waals surface area (Å²) in [5.41, 5.74) is 4.37. The minimum Gasteiger partial charge on any atom is -0.371 e. The number of carbonyl (C=O) groups excluding carboxylic acids is 1. The molecule has 0 bridgehead atoms. The molecule has 134 valence electrons. The van der Waals surface area contributed by atoms with E-state index >= 15 is 0 Å². The van der Waals surface area contributed by atoms with Gasteiger partial charge in [0, 0.05) is 44.1 Å². The molecule has 1 fully saturated rings. The standard InChI is InChI=1S/C19H27N5O/c1-14(17-13-23(3)22-15(17)2)21-19(25)20-12-16-8-4-5-9-18(16)24-10-6-7-11-24/h4-5,8-9,13-14H,6-7,10-12H2,1-3H3,(H2,20,21,25). The quantitative estimate of drug-likeness (QED) is 0.879. The zero-order valence-electron chi connectivity index (χ0n) is 15.2. The molecular formula is C19H27N5O. The number of amides is 2. The highest BCUT2D eigenvalue weighted by atomic mass is 16.2. The molecule has 1 unspecified atom stereocenters. The normalized spacial score (nSPS) is 15.2. The van der Waals surface area contributed by atoms with Crippen molar-refractivity contribution >= 4 is 11.7 Å². The Labute approximate surface area is 149 Å². The molecule has 0 spiro atoms. The predicted molar refractivity (Wildman–Crippen MR) is 99.6 cm³/mol. The number of benzene rings is 1. The van der Waals surface area contributed by atoms with E-state index in [1.807, 2.05) is 33.2 Å². The molecule has 2 heterocycles. The highest BCUT2D eigenvalue weighted by Gasteiger charge is 2.17. The molecule has 1 aromatic carbocycles. The van der Waals surface area contributed by atoms with E-state index in [4.69, 9.17) is 0 Å². The number of para-hydroxylation sites is 1. The topological polar surface area (TPSA) is 62.2 Å². The van der Waals surface area contributed by atoms with E-state index < -0.39 is 0 Å². The van der Waals surface area contributed by atoms with E-state index in [1.165, 1.54) is 18.5 Å². The average molecular weight is 341 g/mol. The van der Waals surface area contributed by atoms with Crippen LogP contribution in [0.4, 0.5) is 10.5 Å². The van der Waals surface area contributed by atoms with Crippen LogP contribution in [-0.2, 0) is 13.6 Å². The lowest BCUT2D eigenvalue weighted by molar-refractivity contribution is 0.237. The van der Waals surface area contributed by atoms with Gasteiger partial charge in [-0.2, -0.15) is 5.10 Å². The summed E-state index contributed by atoms with van der Waals surface area (Å²) >= 11 is 0. The van der Waals surface area contributed by atoms with Crippen LogP contribution in [0, 0.1) is 6.92 Å². The maximum absolute atomic E-state index is 12.3. The minimum absolute atomic E-state index is 0.0810. The van der Waals surface area contributed by atoms with Crippen molar-refractivity contribution in [3.8, 4) is 0 Å². The fourth-order valence-corrected chi connectivity index (χ4v) is 3.47. The summed E-state index contributed by atoms with van der Waals surface area (Å²) in [6.07, 6.45) is 4.43. The van der Waals surface area contributed by atoms with E-state index in [-0.39, 0.29) is 12.1 Å². The number of carbonyl (C=O) groups is 1. The second kappa shape index (κ2) is 7.59. The summed E-state index contributed by atoms with van der Waals surface area (Å²) < 4.78 is 1.77. The Morgan fingerprint density at radius 1 is 1.28 bits per heavy atom. The van der Waals surface area contributed by atoms with Gasteiger partial charge in [0.25, 0.3) is 0 Å². The molecule has 1 saturated heterocycles. The third kappa shape index (κ3) is 4.13. The lowest BCUT2D eigenvalue weighted by Gasteiger charge is -2.22. The fraction of sp³-hybridized carbons (Fsp3) is 0.474. The first-order valence-electron chi connectivity index (χ1n) is 8.92. The molecule has 1 aliphatic heterocycles. The van der Waals surface area contributed by atoms with Crippen LogP contribution in [0.2, 0.25) is 0 Å². The van der Waals surface area contributed by atoms with Gasteiger partial charge in [-0.05, 0) is 38.3 Å². The van der Waals surface area contributed by atoms with E-state index in [2.05, 4.69) is 38.8 Å². The molecule has 2 amide bonds. The Balaban J connectivity index is 1.58. The highest BCUT2D eigenvalue weighted by molar-refractivity contribution is 5.74. The van der Waals surface area contributed by atoms with E-state index in [1.54, 1.807) is 4.68 Å². The van der Waals surface area contributed by atoms with Gasteiger partial charge in [0.05, 0.1) is 11.7 Å². The zero-order valence-corrected chi connectivity index (χ0v) is 15.2. The van der Waals surface area contributed by atoms with Crippen LogP contribution < -0.4 is 15.5 Å². The van der Waals surface area contributed by atoms with Crippen molar-refractivity contribution in [1.29, 1.82) is 0 Å². The van der Waals surface area contributed by atoms with Gasteiger partial charge < -0.3 is 15.5 Å². The summed E-state index contributed by atoms with van der Waals surface area (Å²) in [4.78, 5) is 14.7. The van der Waals surface area contributed by atoms with Gasteiger partial charge in [-0.25, -0.2) is 4.79 Å². The van der Waals surface area contributed by atoms with Gasteiger partial charge in [0.2, 0.25) is 0 Å². The first-order valence-corrected chi connectivity index (χ1v) is 8.92. The molecule has 1 atom stereocenters. The van der Waals surface area contributed by atoms with Gasteiger partial charge in [0.15, 0.2) is 0 Å². The lowest BCUT2D eigenvalue weighted by atomic mass is 10.1. The molecular weight excluding hydrogens is 314 g/mol. The van der Waals surface area contributed by atoms with E-state index in [0.29, 0.717) is 6.54 Å². The number of nitrogens with one attached hydrogen (secondary N) is 2. The Kier molecular flexibility index (Phi) is 5.26. The van der Waals surface area contributed by atoms with Crippen LogP contribution in [0.5, 0.6) is 0 Å². The van der Waals surface area contributed by atoms with Crippen molar-refractivity contribution in [1.82, 2.24) is 20.4 Å². The number of rotatable bonds is 5. The van der Waals surface area contributed by atoms with Crippen molar-refractivity contribution in [2.45, 2.75) is 39.3 Å². The molecule has 2 aromatic rings. The summed E-state index contributed by atoms with van der Waals surface area (Å²) in [6.45, 7) is 6.65. The lowest BCUT2D eigenvalue weighted by Crippen LogP contribution is -2.37. The van der Waals surface area contributed by atoms with Crippen LogP contribution >= 0.6 is 0 Å². The van der Waals surface area contributed by atoms with Crippen molar-refractivity contribution in [2.24, 2.45) is 7.05 Å². The maximum Gasteiger partial charge on any atom is 0.315 e. The third-order valence-electron chi connectivity index (χ3n) is 4.74. The van der Waals surface area contributed by atoms with Crippen LogP contribution in [0.15, 0.2) is 30.5 Å². The molecule has 2 N–H and O–H groups in total. The van der Waals surface area contributed by atoms with Crippen molar-refractivity contribution < 1.29 is 4.79 Å². The van der Waals surface area contributed by atoms with Crippen LogP contribution in [0.25, 0.3) is 0 Å². The van der Waals surface area contributed by atoms with Crippen molar-refractivity contribution in [3.63, 3.8) is 0 Å². The van der Waals surface area contributed by atoms with Gasteiger partial charge in [-0.1, -0.05) is 18.2 Å². The number of aryl methyl sites for hydroxylation is 2. The van der Waals surface area contributed by atoms with Gasteiger partial charge >= 0.3 is 6.03 Å². The van der Waals surface area contributed by atoms with Crippen LogP contribution in [0.3, 0.4) is 0 Å². The molecule has 1 aliphatic rings. The Bertz CT molecular complexity index is 733. The van der Waals surface area contributed by atoms with Gasteiger partial charge in [-0.3, -0.25) is 4.68 Å². The number of hydrogen-bond donors (Lipinski definition) is 2. The monoisotopic (exact) mass is 341 g/mol. The molecule has 6 heteroatoms. The van der Waals surface area contributed by atoms with Gasteiger partial charge in [0.1, 0.15) is 0 Å². The first kappa shape index (κ1) is 17.3. The number of anilines is 1. The smallest absolute Gasteiger partial charge is 0.315 e. The number of urea groups is 1. The second-order valence-corrected chi connectivity index (χ2v) is 6.72. The molecule has 0 saturated carbocycles. The number of aromatic nitrogens is 2. The van der Waals surface area contributed by atoms with Crippen molar-refractivity contribution in [2.75, 3.05) is 18.0 Å². The SMILES string of the molecule is Cc1nn(C)cc1C(C)NC(=O)NCc1ccccc1N1CCCC1.